The summed E-state index contributed by atoms with van der Waals surface area (Å²) in [6.07, 6.45) is 1.10. The predicted molar refractivity (Wildman–Crippen MR) is 103 cm³/mol. The van der Waals surface area contributed by atoms with Gasteiger partial charge in [-0.05, 0) is 30.2 Å². The van der Waals surface area contributed by atoms with Crippen LogP contribution in [0.25, 0.3) is 0 Å². The number of para-hydroxylation sites is 1. The Morgan fingerprint density at radius 3 is 2.65 bits per heavy atom. The van der Waals surface area contributed by atoms with Crippen molar-refractivity contribution in [1.82, 2.24) is 5.32 Å². The van der Waals surface area contributed by atoms with E-state index in [1.54, 1.807) is 4.90 Å². The Hall–Kier alpha value is -3.06. The molecule has 2 aromatic carbocycles. The molecule has 1 aliphatic rings. The molecule has 0 aromatic heterocycles. The standard InChI is InChI=1S/C22H22N2O2/c1-2-18-12-6-7-13-20(18)24-16-19(15-21(24)25)22(26)23-14-8-11-17-9-4-3-5-10-17/h3-7,9-10,12-13,19H,2,14-16H2,1H3,(H,23,26). The van der Waals surface area contributed by atoms with E-state index in [1.807, 2.05) is 54.6 Å². The number of anilines is 1. The first-order valence-electron chi connectivity index (χ1n) is 8.89. The van der Waals surface area contributed by atoms with Crippen LogP contribution in [-0.4, -0.2) is 24.9 Å². The van der Waals surface area contributed by atoms with Gasteiger partial charge in [0.1, 0.15) is 0 Å². The van der Waals surface area contributed by atoms with Gasteiger partial charge in [0, 0.05) is 24.2 Å². The van der Waals surface area contributed by atoms with Gasteiger partial charge in [0.25, 0.3) is 0 Å². The smallest absolute Gasteiger partial charge is 0.227 e. The van der Waals surface area contributed by atoms with Crippen molar-refractivity contribution in [3.63, 3.8) is 0 Å². The Morgan fingerprint density at radius 2 is 1.88 bits per heavy atom. The normalized spacial score (nSPS) is 16.1. The topological polar surface area (TPSA) is 49.4 Å². The van der Waals surface area contributed by atoms with Crippen molar-refractivity contribution in [3.05, 3.63) is 65.7 Å². The molecule has 4 nitrogen and oxygen atoms in total. The van der Waals surface area contributed by atoms with Crippen LogP contribution in [0.4, 0.5) is 5.69 Å². The number of aryl methyl sites for hydroxylation is 1. The molecule has 1 fully saturated rings. The lowest BCUT2D eigenvalue weighted by Gasteiger charge is -2.19. The molecule has 2 aromatic rings. The average Bonchev–Trinajstić information content (AvgIpc) is 3.07. The first kappa shape index (κ1) is 17.8. The van der Waals surface area contributed by atoms with Gasteiger partial charge in [-0.25, -0.2) is 0 Å². The van der Waals surface area contributed by atoms with Crippen LogP contribution in [0.5, 0.6) is 0 Å². The number of benzene rings is 2. The Balaban J connectivity index is 1.58. The maximum atomic E-state index is 12.4. The Kier molecular flexibility index (Phi) is 5.70. The second kappa shape index (κ2) is 8.35. The number of carbonyl (C=O) groups is 2. The lowest BCUT2D eigenvalue weighted by Crippen LogP contribution is -2.33. The molecule has 3 rings (SSSR count). The number of amides is 2. The molecule has 2 amide bonds. The molecule has 0 saturated carbocycles. The second-order valence-corrected chi connectivity index (χ2v) is 6.27. The van der Waals surface area contributed by atoms with Crippen LogP contribution < -0.4 is 10.2 Å². The zero-order valence-electron chi connectivity index (χ0n) is 14.9. The van der Waals surface area contributed by atoms with Gasteiger partial charge in [-0.1, -0.05) is 55.2 Å². The van der Waals surface area contributed by atoms with Crippen molar-refractivity contribution >= 4 is 17.5 Å². The highest BCUT2D eigenvalue weighted by Gasteiger charge is 2.35. The fourth-order valence-electron chi connectivity index (χ4n) is 3.13. The van der Waals surface area contributed by atoms with E-state index in [-0.39, 0.29) is 30.7 Å². The predicted octanol–water partition coefficient (Wildman–Crippen LogP) is 2.77. The molecule has 0 aliphatic carbocycles. The Bertz CT molecular complexity index is 849. The van der Waals surface area contributed by atoms with Crippen LogP contribution >= 0.6 is 0 Å². The zero-order valence-corrected chi connectivity index (χ0v) is 14.9. The molecule has 1 saturated heterocycles. The summed E-state index contributed by atoms with van der Waals surface area (Å²) in [6, 6.07) is 17.5. The molecule has 4 heteroatoms. The molecular formula is C22H22N2O2. The summed E-state index contributed by atoms with van der Waals surface area (Å²) in [5, 5.41) is 2.82. The number of nitrogens with zero attached hydrogens (tertiary/aromatic N) is 1. The summed E-state index contributed by atoms with van der Waals surface area (Å²) in [5.41, 5.74) is 2.95. The van der Waals surface area contributed by atoms with E-state index in [0.717, 1.165) is 23.2 Å². The van der Waals surface area contributed by atoms with E-state index < -0.39 is 0 Å². The van der Waals surface area contributed by atoms with E-state index in [1.165, 1.54) is 0 Å². The maximum Gasteiger partial charge on any atom is 0.227 e. The molecule has 1 aliphatic heterocycles. The molecule has 0 radical (unpaired) electrons. The zero-order chi connectivity index (χ0) is 18.4. The number of rotatable bonds is 4. The molecule has 1 unspecified atom stereocenters. The quantitative estimate of drug-likeness (QED) is 0.866. The second-order valence-electron chi connectivity index (χ2n) is 6.27. The number of hydrogen-bond acceptors (Lipinski definition) is 2. The SMILES string of the molecule is CCc1ccccc1N1CC(C(=O)NCC#Cc2ccccc2)CC1=O. The van der Waals surface area contributed by atoms with E-state index >= 15 is 0 Å². The third kappa shape index (κ3) is 4.12. The van der Waals surface area contributed by atoms with Gasteiger partial charge in [-0.2, -0.15) is 0 Å². The molecule has 132 valence electrons. The minimum absolute atomic E-state index is 0.00131. The van der Waals surface area contributed by atoms with Crippen LogP contribution in [0.3, 0.4) is 0 Å². The van der Waals surface area contributed by atoms with Gasteiger partial charge in [0.05, 0.1) is 12.5 Å². The summed E-state index contributed by atoms with van der Waals surface area (Å²) < 4.78 is 0. The summed E-state index contributed by atoms with van der Waals surface area (Å²) in [6.45, 7) is 2.77. The van der Waals surface area contributed by atoms with Crippen LogP contribution in [0.2, 0.25) is 0 Å². The van der Waals surface area contributed by atoms with Gasteiger partial charge in [0.15, 0.2) is 0 Å². The van der Waals surface area contributed by atoms with Gasteiger partial charge in [-0.3, -0.25) is 9.59 Å². The van der Waals surface area contributed by atoms with Crippen LogP contribution in [0, 0.1) is 17.8 Å². The fourth-order valence-corrected chi connectivity index (χ4v) is 3.13. The molecule has 1 atom stereocenters. The number of nitrogens with one attached hydrogen (secondary N) is 1. The maximum absolute atomic E-state index is 12.4. The van der Waals surface area contributed by atoms with Gasteiger partial charge in [0.2, 0.25) is 11.8 Å². The summed E-state index contributed by atoms with van der Waals surface area (Å²) in [7, 11) is 0. The highest BCUT2D eigenvalue weighted by Crippen LogP contribution is 2.28. The van der Waals surface area contributed by atoms with Gasteiger partial charge >= 0.3 is 0 Å². The van der Waals surface area contributed by atoms with Crippen molar-refractivity contribution in [2.45, 2.75) is 19.8 Å². The lowest BCUT2D eigenvalue weighted by molar-refractivity contribution is -0.126. The Labute approximate surface area is 154 Å². The van der Waals surface area contributed by atoms with E-state index in [2.05, 4.69) is 24.1 Å². The van der Waals surface area contributed by atoms with Crippen molar-refractivity contribution < 1.29 is 9.59 Å². The number of hydrogen-bond donors (Lipinski definition) is 1. The van der Waals surface area contributed by atoms with E-state index in [0.29, 0.717) is 6.54 Å². The average molecular weight is 346 g/mol. The highest BCUT2D eigenvalue weighted by atomic mass is 16.2. The van der Waals surface area contributed by atoms with E-state index in [9.17, 15) is 9.59 Å². The summed E-state index contributed by atoms with van der Waals surface area (Å²) >= 11 is 0. The van der Waals surface area contributed by atoms with Crippen LogP contribution in [0.15, 0.2) is 54.6 Å². The summed E-state index contributed by atoms with van der Waals surface area (Å²) in [4.78, 5) is 26.5. The van der Waals surface area contributed by atoms with Crippen LogP contribution in [0.1, 0.15) is 24.5 Å². The Morgan fingerprint density at radius 1 is 1.15 bits per heavy atom. The van der Waals surface area contributed by atoms with Gasteiger partial charge < -0.3 is 10.2 Å². The van der Waals surface area contributed by atoms with Crippen molar-refractivity contribution in [1.29, 1.82) is 0 Å². The lowest BCUT2D eigenvalue weighted by atomic mass is 10.1. The van der Waals surface area contributed by atoms with Crippen molar-refractivity contribution in [2.24, 2.45) is 5.92 Å². The van der Waals surface area contributed by atoms with Crippen molar-refractivity contribution in [3.8, 4) is 11.8 Å². The minimum Gasteiger partial charge on any atom is -0.345 e. The number of carbonyl (C=O) groups excluding carboxylic acids is 2. The van der Waals surface area contributed by atoms with Crippen molar-refractivity contribution in [2.75, 3.05) is 18.0 Å². The molecule has 26 heavy (non-hydrogen) atoms. The molecule has 1 heterocycles. The third-order valence-electron chi connectivity index (χ3n) is 4.52. The highest BCUT2D eigenvalue weighted by molar-refractivity contribution is 6.00. The van der Waals surface area contributed by atoms with E-state index in [4.69, 9.17) is 0 Å². The molecule has 0 bridgehead atoms. The monoisotopic (exact) mass is 346 g/mol. The third-order valence-corrected chi connectivity index (χ3v) is 4.52. The van der Waals surface area contributed by atoms with Gasteiger partial charge in [-0.15, -0.1) is 0 Å². The minimum atomic E-state index is -0.328. The summed E-state index contributed by atoms with van der Waals surface area (Å²) in [5.74, 6) is 5.51. The first-order valence-corrected chi connectivity index (χ1v) is 8.89. The first-order chi connectivity index (χ1) is 12.7. The molecule has 0 spiro atoms. The molecular weight excluding hydrogens is 324 g/mol. The fraction of sp³-hybridized carbons (Fsp3) is 0.273. The largest absolute Gasteiger partial charge is 0.345 e. The molecule has 1 N–H and O–H groups in total. The van der Waals surface area contributed by atoms with Crippen LogP contribution in [-0.2, 0) is 16.0 Å².